The van der Waals surface area contributed by atoms with Gasteiger partial charge in [0.1, 0.15) is 29.3 Å². The van der Waals surface area contributed by atoms with Crippen LogP contribution in [-0.4, -0.2) is 44.9 Å². The van der Waals surface area contributed by atoms with Gasteiger partial charge in [-0.1, -0.05) is 11.6 Å². The summed E-state index contributed by atoms with van der Waals surface area (Å²) in [5, 5.41) is 0. The average molecular weight is 474 g/mol. The first-order chi connectivity index (χ1) is 16.9. The number of aryl methyl sites for hydroxylation is 2. The smallest absolute Gasteiger partial charge is 0.238 e. The van der Waals surface area contributed by atoms with Crippen LogP contribution in [0.4, 0.5) is 5.82 Å². The van der Waals surface area contributed by atoms with Crippen molar-refractivity contribution in [1.82, 2.24) is 24.6 Å². The Balaban J connectivity index is 1.58. The van der Waals surface area contributed by atoms with Crippen LogP contribution >= 0.6 is 0 Å². The molecular weight excluding hydrogens is 442 g/mol. The number of aromatic nitrogens is 4. The number of nitrogens with zero attached hydrogens (tertiary/aromatic N) is 6. The lowest BCUT2D eigenvalue weighted by atomic mass is 9.96. The van der Waals surface area contributed by atoms with Gasteiger partial charge in [-0.15, -0.1) is 0 Å². The standard InChI is InChI=1S/C26H31N7O2/c1-15(2)11-18-19(13-32(5)25(18)27-4)22-23(17-7-8-17)35-31-24(30-22)20-9-10-21(26(29-20)34-6)33-12-16(3)28-14-33/h9-14,17,22-23H,4,7-8H2,1-3,5-6H3,(H,30,31). The molecular formula is C26H31N7O2. The summed E-state index contributed by atoms with van der Waals surface area (Å²) < 4.78 is 9.50. The first-order valence-corrected chi connectivity index (χ1v) is 11.8. The van der Waals surface area contributed by atoms with Crippen molar-refractivity contribution >= 4 is 24.4 Å². The predicted octanol–water partition coefficient (Wildman–Crippen LogP) is 4.48. The van der Waals surface area contributed by atoms with E-state index >= 15 is 0 Å². The maximum absolute atomic E-state index is 6.22. The normalized spacial score (nSPS) is 19.6. The lowest BCUT2D eigenvalue weighted by Crippen LogP contribution is -2.40. The quantitative estimate of drug-likeness (QED) is 0.511. The van der Waals surface area contributed by atoms with Gasteiger partial charge in [-0.25, -0.2) is 20.4 Å². The van der Waals surface area contributed by atoms with E-state index < -0.39 is 0 Å². The molecule has 1 aliphatic heterocycles. The van der Waals surface area contributed by atoms with Crippen molar-refractivity contribution in [2.45, 2.75) is 45.8 Å². The molecule has 35 heavy (non-hydrogen) atoms. The van der Waals surface area contributed by atoms with E-state index in [4.69, 9.17) is 19.6 Å². The third-order valence-corrected chi connectivity index (χ3v) is 6.34. The Bertz CT molecular complexity index is 1330. The minimum absolute atomic E-state index is 0.0711. The number of aliphatic imine (C=N–C) groups is 2. The molecule has 4 heterocycles. The number of hydroxylamine groups is 1. The first-order valence-electron chi connectivity index (χ1n) is 11.8. The fourth-order valence-electron chi connectivity index (χ4n) is 4.56. The number of ether oxygens (including phenoxy) is 1. The summed E-state index contributed by atoms with van der Waals surface area (Å²) in [6.07, 6.45) is 10.1. The van der Waals surface area contributed by atoms with E-state index in [1.165, 1.54) is 5.57 Å². The van der Waals surface area contributed by atoms with Gasteiger partial charge >= 0.3 is 0 Å². The van der Waals surface area contributed by atoms with Crippen molar-refractivity contribution in [3.8, 4) is 11.6 Å². The van der Waals surface area contributed by atoms with Gasteiger partial charge < -0.3 is 13.9 Å². The van der Waals surface area contributed by atoms with Crippen molar-refractivity contribution in [2.75, 3.05) is 7.11 Å². The van der Waals surface area contributed by atoms with Crippen LogP contribution in [0.5, 0.6) is 5.88 Å². The van der Waals surface area contributed by atoms with Crippen molar-refractivity contribution in [3.05, 3.63) is 58.9 Å². The predicted molar refractivity (Wildman–Crippen MR) is 137 cm³/mol. The number of allylic oxidation sites excluding steroid dienone is 1. The van der Waals surface area contributed by atoms with Gasteiger partial charge in [-0.3, -0.25) is 9.83 Å². The summed E-state index contributed by atoms with van der Waals surface area (Å²) in [6.45, 7) is 9.89. The highest BCUT2D eigenvalue weighted by Gasteiger charge is 2.42. The molecule has 9 heteroatoms. The van der Waals surface area contributed by atoms with Gasteiger partial charge in [-0.05, 0) is 58.4 Å². The van der Waals surface area contributed by atoms with Gasteiger partial charge in [0.05, 0.1) is 19.1 Å². The molecule has 5 rings (SSSR count). The Labute approximate surface area is 205 Å². The summed E-state index contributed by atoms with van der Waals surface area (Å²) in [6, 6.07) is 3.66. The lowest BCUT2D eigenvalue weighted by molar-refractivity contribution is -0.0293. The van der Waals surface area contributed by atoms with E-state index in [-0.39, 0.29) is 12.1 Å². The fraction of sp³-hybridized carbons (Fsp3) is 0.385. The Morgan fingerprint density at radius 2 is 2.09 bits per heavy atom. The van der Waals surface area contributed by atoms with Crippen molar-refractivity contribution < 1.29 is 9.57 Å². The fourth-order valence-corrected chi connectivity index (χ4v) is 4.56. The van der Waals surface area contributed by atoms with Crippen LogP contribution in [-0.2, 0) is 11.9 Å². The number of amidine groups is 1. The minimum atomic E-state index is -0.199. The van der Waals surface area contributed by atoms with Crippen molar-refractivity contribution in [1.29, 1.82) is 0 Å². The Morgan fingerprint density at radius 3 is 2.71 bits per heavy atom. The Hall–Kier alpha value is -3.72. The molecule has 1 N–H and O–H groups in total. The van der Waals surface area contributed by atoms with Gasteiger partial charge in [0.25, 0.3) is 0 Å². The van der Waals surface area contributed by atoms with E-state index in [0.717, 1.165) is 41.2 Å². The zero-order valence-electron chi connectivity index (χ0n) is 20.8. The van der Waals surface area contributed by atoms with Crippen LogP contribution in [0.3, 0.4) is 0 Å². The number of imidazole rings is 1. The third-order valence-electron chi connectivity index (χ3n) is 6.34. The van der Waals surface area contributed by atoms with Crippen LogP contribution in [0.1, 0.15) is 55.2 Å². The van der Waals surface area contributed by atoms with E-state index in [0.29, 0.717) is 23.3 Å². The number of nitrogens with one attached hydrogen (secondary N) is 1. The molecule has 0 amide bonds. The topological polar surface area (TPSA) is 90.8 Å². The lowest BCUT2D eigenvalue weighted by Gasteiger charge is -2.30. The van der Waals surface area contributed by atoms with E-state index in [1.807, 2.05) is 41.4 Å². The number of pyridine rings is 1. The molecule has 1 aliphatic carbocycles. The molecule has 1 fully saturated rings. The first kappa shape index (κ1) is 23.0. The molecule has 0 spiro atoms. The monoisotopic (exact) mass is 473 g/mol. The summed E-state index contributed by atoms with van der Waals surface area (Å²) in [5.41, 5.74) is 8.72. The molecule has 0 bridgehead atoms. The Kier molecular flexibility index (Phi) is 6.02. The number of rotatable bonds is 7. The van der Waals surface area contributed by atoms with Gasteiger partial charge in [0.15, 0.2) is 5.84 Å². The van der Waals surface area contributed by atoms with Crippen LogP contribution < -0.4 is 10.2 Å². The third kappa shape index (κ3) is 4.39. The van der Waals surface area contributed by atoms with Crippen LogP contribution in [0.2, 0.25) is 0 Å². The highest BCUT2D eigenvalue weighted by Crippen LogP contribution is 2.45. The molecule has 1 saturated carbocycles. The molecule has 0 radical (unpaired) electrons. The van der Waals surface area contributed by atoms with Crippen LogP contribution in [0.15, 0.2) is 46.4 Å². The molecule has 2 atom stereocenters. The second-order valence-electron chi connectivity index (χ2n) is 9.40. The van der Waals surface area contributed by atoms with E-state index in [1.54, 1.807) is 13.4 Å². The molecule has 9 nitrogen and oxygen atoms in total. The number of hydrogen-bond acceptors (Lipinski definition) is 7. The largest absolute Gasteiger partial charge is 0.479 e. The minimum Gasteiger partial charge on any atom is -0.479 e. The summed E-state index contributed by atoms with van der Waals surface area (Å²) in [4.78, 5) is 24.7. The zero-order chi connectivity index (χ0) is 24.7. The molecule has 2 unspecified atom stereocenters. The van der Waals surface area contributed by atoms with E-state index in [9.17, 15) is 0 Å². The molecule has 2 aliphatic rings. The summed E-state index contributed by atoms with van der Waals surface area (Å²) >= 11 is 0. The molecule has 0 saturated heterocycles. The zero-order valence-corrected chi connectivity index (χ0v) is 20.8. The summed E-state index contributed by atoms with van der Waals surface area (Å²) in [5.74, 6) is 2.34. The van der Waals surface area contributed by atoms with Gasteiger partial charge in [0, 0.05) is 30.6 Å². The second kappa shape index (κ2) is 9.14. The highest BCUT2D eigenvalue weighted by molar-refractivity contribution is 5.97. The molecule has 3 aromatic rings. The van der Waals surface area contributed by atoms with Gasteiger partial charge in [0.2, 0.25) is 5.88 Å². The van der Waals surface area contributed by atoms with Crippen molar-refractivity contribution in [2.24, 2.45) is 23.0 Å². The van der Waals surface area contributed by atoms with Crippen LogP contribution in [0, 0.1) is 12.8 Å². The molecule has 0 aromatic carbocycles. The maximum Gasteiger partial charge on any atom is 0.238 e. The van der Waals surface area contributed by atoms with Gasteiger partial charge in [-0.2, -0.15) is 0 Å². The number of methoxy groups -OCH3 is 1. The number of hydrogen-bond donors (Lipinski definition) is 1. The highest BCUT2D eigenvalue weighted by atomic mass is 16.7. The van der Waals surface area contributed by atoms with Crippen LogP contribution in [0.25, 0.3) is 11.8 Å². The Morgan fingerprint density at radius 1 is 1.29 bits per heavy atom. The second-order valence-corrected chi connectivity index (χ2v) is 9.40. The maximum atomic E-state index is 6.22. The van der Waals surface area contributed by atoms with Crippen molar-refractivity contribution in [3.63, 3.8) is 0 Å². The molecule has 182 valence electrons. The SMILES string of the molecule is C=Nc1c(C=C(C)C)c(C2N=C(c3ccc(-n4cnc(C)c4)c(OC)n3)NOC2C2CC2)cn1C. The molecule has 3 aromatic heterocycles. The summed E-state index contributed by atoms with van der Waals surface area (Å²) in [7, 11) is 3.59. The average Bonchev–Trinajstić information content (AvgIpc) is 3.53. The van der Waals surface area contributed by atoms with E-state index in [2.05, 4.69) is 48.3 Å².